The molecule has 0 amide bonds. The van der Waals surface area contributed by atoms with Gasteiger partial charge in [-0.2, -0.15) is 5.26 Å². The first-order valence-corrected chi connectivity index (χ1v) is 6.76. The minimum Gasteiger partial charge on any atom is -0.466 e. The van der Waals surface area contributed by atoms with E-state index in [1.807, 2.05) is 6.92 Å². The summed E-state index contributed by atoms with van der Waals surface area (Å²) in [4.78, 5) is 22.7. The topological polar surface area (TPSA) is 76.4 Å². The molecule has 0 bridgehead atoms. The van der Waals surface area contributed by atoms with Crippen LogP contribution in [0.1, 0.15) is 52.9 Å². The molecule has 0 aromatic carbocycles. The van der Waals surface area contributed by atoms with Crippen molar-refractivity contribution >= 4 is 11.9 Å². The van der Waals surface area contributed by atoms with Crippen LogP contribution in [0.15, 0.2) is 0 Å². The molecule has 0 radical (unpaired) electrons. The molecule has 0 rings (SSSR count). The van der Waals surface area contributed by atoms with Crippen molar-refractivity contribution in [1.29, 1.82) is 5.26 Å². The average molecular weight is 269 g/mol. The molecule has 0 aliphatic rings. The number of carbonyl (C=O) groups is 2. The highest BCUT2D eigenvalue weighted by molar-refractivity contribution is 5.70. The molecule has 108 valence electrons. The molecule has 0 saturated carbocycles. The molecule has 0 aliphatic heterocycles. The first-order valence-electron chi connectivity index (χ1n) is 6.76. The zero-order chi connectivity index (χ0) is 14.7. The number of hydrogen-bond acceptors (Lipinski definition) is 5. The SMILES string of the molecule is CCOC(=O)CCC(C#N)(CC)CCC(=O)OCC. The third-order valence-electron chi connectivity index (χ3n) is 3.14. The van der Waals surface area contributed by atoms with Crippen molar-refractivity contribution in [2.45, 2.75) is 52.9 Å². The van der Waals surface area contributed by atoms with Crippen LogP contribution < -0.4 is 0 Å². The summed E-state index contributed by atoms with van der Waals surface area (Å²) in [5, 5.41) is 9.31. The van der Waals surface area contributed by atoms with E-state index in [-0.39, 0.29) is 24.8 Å². The maximum atomic E-state index is 11.3. The molecule has 0 spiro atoms. The highest BCUT2D eigenvalue weighted by Gasteiger charge is 2.29. The second kappa shape index (κ2) is 9.37. The van der Waals surface area contributed by atoms with Crippen LogP contribution in [0.2, 0.25) is 0 Å². The van der Waals surface area contributed by atoms with Gasteiger partial charge in [0.05, 0.1) is 24.7 Å². The van der Waals surface area contributed by atoms with Crippen molar-refractivity contribution in [1.82, 2.24) is 0 Å². The van der Waals surface area contributed by atoms with Gasteiger partial charge in [0.15, 0.2) is 0 Å². The average Bonchev–Trinajstić information content (AvgIpc) is 2.40. The van der Waals surface area contributed by atoms with Crippen LogP contribution in [0.3, 0.4) is 0 Å². The quantitative estimate of drug-likeness (QED) is 0.601. The summed E-state index contributed by atoms with van der Waals surface area (Å²) >= 11 is 0. The largest absolute Gasteiger partial charge is 0.466 e. The highest BCUT2D eigenvalue weighted by Crippen LogP contribution is 2.33. The Balaban J connectivity index is 4.38. The van der Waals surface area contributed by atoms with Crippen LogP contribution in [0.25, 0.3) is 0 Å². The summed E-state index contributed by atoms with van der Waals surface area (Å²) in [6.45, 7) is 6.06. The van der Waals surface area contributed by atoms with Crippen LogP contribution in [-0.4, -0.2) is 25.2 Å². The number of rotatable bonds is 9. The minimum atomic E-state index is -0.653. The van der Waals surface area contributed by atoms with E-state index in [0.717, 1.165) is 0 Å². The molecule has 5 heteroatoms. The third kappa shape index (κ3) is 6.80. The zero-order valence-electron chi connectivity index (χ0n) is 12.0. The fourth-order valence-electron chi connectivity index (χ4n) is 1.82. The Morgan fingerprint density at radius 1 is 1.00 bits per heavy atom. The van der Waals surface area contributed by atoms with Gasteiger partial charge in [0, 0.05) is 12.8 Å². The number of carbonyl (C=O) groups excluding carboxylic acids is 2. The molecule has 0 unspecified atom stereocenters. The summed E-state index contributed by atoms with van der Waals surface area (Å²) in [7, 11) is 0. The molecule has 0 aromatic rings. The van der Waals surface area contributed by atoms with Gasteiger partial charge in [0.25, 0.3) is 0 Å². The molecule has 0 atom stereocenters. The van der Waals surface area contributed by atoms with Gasteiger partial charge in [0.2, 0.25) is 0 Å². The van der Waals surface area contributed by atoms with E-state index in [9.17, 15) is 14.9 Å². The Kier molecular flexibility index (Phi) is 8.60. The Morgan fingerprint density at radius 2 is 1.42 bits per heavy atom. The van der Waals surface area contributed by atoms with Gasteiger partial charge in [-0.05, 0) is 33.1 Å². The lowest BCUT2D eigenvalue weighted by molar-refractivity contribution is -0.143. The van der Waals surface area contributed by atoms with E-state index in [1.54, 1.807) is 13.8 Å². The molecule has 0 heterocycles. The molecule has 0 fully saturated rings. The van der Waals surface area contributed by atoms with Crippen LogP contribution in [-0.2, 0) is 19.1 Å². The normalized spacial score (nSPS) is 10.6. The predicted molar refractivity (Wildman–Crippen MR) is 70.1 cm³/mol. The maximum absolute atomic E-state index is 11.3. The summed E-state index contributed by atoms with van der Waals surface area (Å²) < 4.78 is 9.70. The summed E-state index contributed by atoms with van der Waals surface area (Å²) in [5.74, 6) is -0.599. The molecule has 5 nitrogen and oxygen atoms in total. The molecule has 0 N–H and O–H groups in total. The standard InChI is InChI=1S/C14H23NO4/c1-4-14(11-15,9-7-12(16)18-5-2)10-8-13(17)19-6-3/h4-10H2,1-3H3. The molecule has 19 heavy (non-hydrogen) atoms. The van der Waals surface area contributed by atoms with Gasteiger partial charge < -0.3 is 9.47 Å². The van der Waals surface area contributed by atoms with E-state index in [0.29, 0.717) is 32.5 Å². The first-order chi connectivity index (χ1) is 9.03. The van der Waals surface area contributed by atoms with Crippen LogP contribution in [0.4, 0.5) is 0 Å². The van der Waals surface area contributed by atoms with Crippen molar-refractivity contribution in [3.63, 3.8) is 0 Å². The number of nitrogens with zero attached hydrogens (tertiary/aromatic N) is 1. The lowest BCUT2D eigenvalue weighted by Gasteiger charge is -2.24. The Hall–Kier alpha value is -1.57. The van der Waals surface area contributed by atoms with Gasteiger partial charge in [-0.3, -0.25) is 9.59 Å². The zero-order valence-corrected chi connectivity index (χ0v) is 12.0. The van der Waals surface area contributed by atoms with Crippen LogP contribution in [0, 0.1) is 16.7 Å². The summed E-state index contributed by atoms with van der Waals surface area (Å²) in [6, 6.07) is 2.24. The Morgan fingerprint density at radius 3 is 1.68 bits per heavy atom. The molecule has 0 aromatic heterocycles. The van der Waals surface area contributed by atoms with Gasteiger partial charge >= 0.3 is 11.9 Å². The molecule has 0 aliphatic carbocycles. The number of esters is 2. The van der Waals surface area contributed by atoms with Gasteiger partial charge in [-0.25, -0.2) is 0 Å². The van der Waals surface area contributed by atoms with Crippen molar-refractivity contribution in [3.05, 3.63) is 0 Å². The van der Waals surface area contributed by atoms with E-state index in [1.165, 1.54) is 0 Å². The summed E-state index contributed by atoms with van der Waals surface area (Å²) in [6.07, 6.45) is 1.84. The highest BCUT2D eigenvalue weighted by atomic mass is 16.5. The van der Waals surface area contributed by atoms with Crippen molar-refractivity contribution < 1.29 is 19.1 Å². The second-order valence-electron chi connectivity index (χ2n) is 4.36. The first kappa shape index (κ1) is 17.4. The fraction of sp³-hybridized carbons (Fsp3) is 0.786. The Labute approximate surface area is 114 Å². The third-order valence-corrected chi connectivity index (χ3v) is 3.14. The van der Waals surface area contributed by atoms with E-state index in [2.05, 4.69) is 6.07 Å². The smallest absolute Gasteiger partial charge is 0.305 e. The number of ether oxygens (including phenoxy) is 2. The fourth-order valence-corrected chi connectivity index (χ4v) is 1.82. The van der Waals surface area contributed by atoms with Gasteiger partial charge in [-0.1, -0.05) is 6.92 Å². The van der Waals surface area contributed by atoms with Crippen molar-refractivity contribution in [2.75, 3.05) is 13.2 Å². The number of hydrogen-bond donors (Lipinski definition) is 0. The van der Waals surface area contributed by atoms with Gasteiger partial charge in [-0.15, -0.1) is 0 Å². The summed E-state index contributed by atoms with van der Waals surface area (Å²) in [5.41, 5.74) is -0.653. The molecular weight excluding hydrogens is 246 g/mol. The molecule has 0 saturated heterocycles. The predicted octanol–water partition coefficient (Wildman–Crippen LogP) is 2.59. The monoisotopic (exact) mass is 269 g/mol. The molecular formula is C14H23NO4. The van der Waals surface area contributed by atoms with Crippen molar-refractivity contribution in [2.24, 2.45) is 5.41 Å². The maximum Gasteiger partial charge on any atom is 0.305 e. The van der Waals surface area contributed by atoms with Crippen LogP contribution >= 0.6 is 0 Å². The van der Waals surface area contributed by atoms with Crippen LogP contribution in [0.5, 0.6) is 0 Å². The van der Waals surface area contributed by atoms with E-state index >= 15 is 0 Å². The Bertz CT molecular complexity index is 311. The number of nitriles is 1. The van der Waals surface area contributed by atoms with E-state index in [4.69, 9.17) is 9.47 Å². The second-order valence-corrected chi connectivity index (χ2v) is 4.36. The van der Waals surface area contributed by atoms with E-state index < -0.39 is 5.41 Å². The van der Waals surface area contributed by atoms with Gasteiger partial charge in [0.1, 0.15) is 0 Å². The lowest BCUT2D eigenvalue weighted by atomic mass is 9.78. The van der Waals surface area contributed by atoms with Crippen molar-refractivity contribution in [3.8, 4) is 6.07 Å². The minimum absolute atomic E-state index is 0.206. The lowest BCUT2D eigenvalue weighted by Crippen LogP contribution is -2.21.